The van der Waals surface area contributed by atoms with E-state index >= 15 is 0 Å². The van der Waals surface area contributed by atoms with Crippen LogP contribution in [0, 0.1) is 5.92 Å². The third kappa shape index (κ3) is 4.07. The molecule has 1 heterocycles. The number of rotatable bonds is 4. The second kappa shape index (κ2) is 5.58. The average Bonchev–Trinajstić information content (AvgIpc) is 2.15. The molecule has 3 nitrogen and oxygen atoms in total. The van der Waals surface area contributed by atoms with Crippen molar-refractivity contribution in [1.29, 1.82) is 0 Å². The van der Waals surface area contributed by atoms with Gasteiger partial charge < -0.3 is 9.84 Å². The molecule has 78 valence electrons. The molecule has 1 fully saturated rings. The third-order valence-corrected chi connectivity index (χ3v) is 2.45. The van der Waals surface area contributed by atoms with Gasteiger partial charge in [0, 0.05) is 13.1 Å². The highest BCUT2D eigenvalue weighted by Gasteiger charge is 2.18. The highest BCUT2D eigenvalue weighted by molar-refractivity contribution is 4.70. The van der Waals surface area contributed by atoms with Crippen molar-refractivity contribution in [2.24, 2.45) is 5.92 Å². The van der Waals surface area contributed by atoms with Crippen molar-refractivity contribution in [2.75, 3.05) is 32.8 Å². The Morgan fingerprint density at radius 3 is 2.92 bits per heavy atom. The van der Waals surface area contributed by atoms with Crippen LogP contribution in [-0.4, -0.2) is 49.0 Å². The van der Waals surface area contributed by atoms with Crippen molar-refractivity contribution in [2.45, 2.75) is 26.4 Å². The summed E-state index contributed by atoms with van der Waals surface area (Å²) in [6, 6.07) is 0. The van der Waals surface area contributed by atoms with Crippen LogP contribution in [0.4, 0.5) is 0 Å². The molecule has 1 aliphatic heterocycles. The maximum Gasteiger partial charge on any atom is 0.0932 e. The fourth-order valence-electron chi connectivity index (χ4n) is 1.53. The molecular weight excluding hydrogens is 166 g/mol. The fraction of sp³-hybridized carbons (Fsp3) is 1.00. The van der Waals surface area contributed by atoms with Crippen molar-refractivity contribution >= 4 is 0 Å². The van der Waals surface area contributed by atoms with Gasteiger partial charge in [0.15, 0.2) is 0 Å². The molecule has 0 aromatic carbocycles. The molecule has 0 radical (unpaired) electrons. The molecule has 1 atom stereocenters. The van der Waals surface area contributed by atoms with Crippen LogP contribution in [-0.2, 0) is 4.74 Å². The number of hydrogen-bond donors (Lipinski definition) is 1. The molecule has 0 bridgehead atoms. The van der Waals surface area contributed by atoms with Crippen LogP contribution >= 0.6 is 0 Å². The van der Waals surface area contributed by atoms with E-state index in [0.29, 0.717) is 0 Å². The lowest BCUT2D eigenvalue weighted by atomic mass is 10.1. The normalized spacial score (nSPS) is 25.4. The zero-order chi connectivity index (χ0) is 9.68. The minimum atomic E-state index is 0.0425. The summed E-state index contributed by atoms with van der Waals surface area (Å²) in [6.07, 6.45) is 1.28. The van der Waals surface area contributed by atoms with E-state index < -0.39 is 0 Å². The van der Waals surface area contributed by atoms with Gasteiger partial charge in [0.1, 0.15) is 0 Å². The Kier molecular flexibility index (Phi) is 4.70. The summed E-state index contributed by atoms with van der Waals surface area (Å²) in [5.74, 6) is 0.760. The standard InChI is InChI=1S/C10H21NO2/c1-9(2)3-4-11-5-6-13-10(7-11)8-12/h9-10,12H,3-8H2,1-2H3. The van der Waals surface area contributed by atoms with Gasteiger partial charge >= 0.3 is 0 Å². The van der Waals surface area contributed by atoms with Crippen LogP contribution in [0.3, 0.4) is 0 Å². The predicted molar refractivity (Wildman–Crippen MR) is 52.7 cm³/mol. The van der Waals surface area contributed by atoms with Crippen LogP contribution in [0.5, 0.6) is 0 Å². The van der Waals surface area contributed by atoms with Gasteiger partial charge in [-0.3, -0.25) is 4.90 Å². The number of morpholine rings is 1. The van der Waals surface area contributed by atoms with Gasteiger partial charge in [0.2, 0.25) is 0 Å². The summed E-state index contributed by atoms with van der Waals surface area (Å²) < 4.78 is 5.37. The first-order valence-corrected chi connectivity index (χ1v) is 5.17. The molecule has 0 saturated carbocycles. The topological polar surface area (TPSA) is 32.7 Å². The molecule has 0 spiro atoms. The van der Waals surface area contributed by atoms with Gasteiger partial charge in [-0.25, -0.2) is 0 Å². The van der Waals surface area contributed by atoms with Crippen molar-refractivity contribution in [3.63, 3.8) is 0 Å². The van der Waals surface area contributed by atoms with E-state index in [2.05, 4.69) is 18.7 Å². The van der Waals surface area contributed by atoms with Crippen LogP contribution in [0.25, 0.3) is 0 Å². The zero-order valence-electron chi connectivity index (χ0n) is 8.70. The number of nitrogens with zero attached hydrogens (tertiary/aromatic N) is 1. The molecule has 3 heteroatoms. The van der Waals surface area contributed by atoms with Crippen molar-refractivity contribution < 1.29 is 9.84 Å². The SMILES string of the molecule is CC(C)CCN1CCOC(CO)C1. The molecule has 1 saturated heterocycles. The molecule has 1 unspecified atom stereocenters. The lowest BCUT2D eigenvalue weighted by Gasteiger charge is -2.32. The maximum absolute atomic E-state index is 8.93. The van der Waals surface area contributed by atoms with Gasteiger partial charge in [0.25, 0.3) is 0 Å². The van der Waals surface area contributed by atoms with Crippen LogP contribution in [0.2, 0.25) is 0 Å². The number of hydrogen-bond acceptors (Lipinski definition) is 3. The molecule has 0 aliphatic carbocycles. The minimum Gasteiger partial charge on any atom is -0.394 e. The van der Waals surface area contributed by atoms with Crippen molar-refractivity contribution in [3.8, 4) is 0 Å². The van der Waals surface area contributed by atoms with Crippen LogP contribution in [0.15, 0.2) is 0 Å². The molecule has 1 aliphatic rings. The second-order valence-electron chi connectivity index (χ2n) is 4.16. The Balaban J connectivity index is 2.18. The summed E-state index contributed by atoms with van der Waals surface area (Å²) in [5, 5.41) is 8.93. The van der Waals surface area contributed by atoms with E-state index in [-0.39, 0.29) is 12.7 Å². The zero-order valence-corrected chi connectivity index (χ0v) is 8.70. The first-order valence-electron chi connectivity index (χ1n) is 5.17. The van der Waals surface area contributed by atoms with Gasteiger partial charge in [0.05, 0.1) is 19.3 Å². The molecule has 1 N–H and O–H groups in total. The van der Waals surface area contributed by atoms with Gasteiger partial charge in [-0.2, -0.15) is 0 Å². The third-order valence-electron chi connectivity index (χ3n) is 2.45. The Morgan fingerprint density at radius 2 is 2.31 bits per heavy atom. The van der Waals surface area contributed by atoms with E-state index in [9.17, 15) is 0 Å². The lowest BCUT2D eigenvalue weighted by Crippen LogP contribution is -2.44. The van der Waals surface area contributed by atoms with E-state index in [4.69, 9.17) is 9.84 Å². The average molecular weight is 187 g/mol. The van der Waals surface area contributed by atoms with Crippen LogP contribution < -0.4 is 0 Å². The Bertz CT molecular complexity index is 139. The van der Waals surface area contributed by atoms with Gasteiger partial charge in [-0.1, -0.05) is 13.8 Å². The highest BCUT2D eigenvalue weighted by atomic mass is 16.5. The molecule has 0 aromatic heterocycles. The number of aliphatic hydroxyl groups excluding tert-OH is 1. The Morgan fingerprint density at radius 1 is 1.54 bits per heavy atom. The van der Waals surface area contributed by atoms with E-state index in [1.807, 2.05) is 0 Å². The second-order valence-corrected chi connectivity index (χ2v) is 4.16. The van der Waals surface area contributed by atoms with Gasteiger partial charge in [-0.05, 0) is 18.9 Å². The maximum atomic E-state index is 8.93. The number of ether oxygens (including phenoxy) is 1. The summed E-state index contributed by atoms with van der Waals surface area (Å²) in [7, 11) is 0. The largest absolute Gasteiger partial charge is 0.394 e. The first-order chi connectivity index (χ1) is 6.22. The van der Waals surface area contributed by atoms with Crippen LogP contribution in [0.1, 0.15) is 20.3 Å². The monoisotopic (exact) mass is 187 g/mol. The lowest BCUT2D eigenvalue weighted by molar-refractivity contribution is -0.0534. The first kappa shape index (κ1) is 11.0. The predicted octanol–water partition coefficient (Wildman–Crippen LogP) is 0.726. The summed E-state index contributed by atoms with van der Waals surface area (Å²) >= 11 is 0. The summed E-state index contributed by atoms with van der Waals surface area (Å²) in [6.45, 7) is 8.44. The van der Waals surface area contributed by atoms with E-state index in [1.165, 1.54) is 6.42 Å². The minimum absolute atomic E-state index is 0.0425. The summed E-state index contributed by atoms with van der Waals surface area (Å²) in [5.41, 5.74) is 0. The highest BCUT2D eigenvalue weighted by Crippen LogP contribution is 2.07. The Hall–Kier alpha value is -0.120. The van der Waals surface area contributed by atoms with Gasteiger partial charge in [-0.15, -0.1) is 0 Å². The Labute approximate surface area is 80.7 Å². The molecular formula is C10H21NO2. The van der Waals surface area contributed by atoms with E-state index in [1.54, 1.807) is 0 Å². The molecule has 1 rings (SSSR count). The molecule has 0 amide bonds. The number of aliphatic hydroxyl groups is 1. The van der Waals surface area contributed by atoms with Crippen molar-refractivity contribution in [3.05, 3.63) is 0 Å². The molecule has 0 aromatic rings. The van der Waals surface area contributed by atoms with E-state index in [0.717, 1.165) is 32.2 Å². The molecule has 13 heavy (non-hydrogen) atoms. The quantitative estimate of drug-likeness (QED) is 0.704. The fourth-order valence-corrected chi connectivity index (χ4v) is 1.53. The smallest absolute Gasteiger partial charge is 0.0932 e. The summed E-state index contributed by atoms with van der Waals surface area (Å²) in [4.78, 5) is 2.38. The van der Waals surface area contributed by atoms with Crippen molar-refractivity contribution in [1.82, 2.24) is 4.90 Å².